The first-order chi connectivity index (χ1) is 34.2. The molecule has 0 aliphatic carbocycles. The fourth-order valence-corrected chi connectivity index (χ4v) is 11.2. The van der Waals surface area contributed by atoms with Crippen LogP contribution in [0.25, 0.3) is 92.1 Å². The van der Waals surface area contributed by atoms with Crippen LogP contribution >= 0.6 is 0 Å². The lowest BCUT2D eigenvalue weighted by Crippen LogP contribution is -2.11. The Balaban J connectivity index is 1.08. The van der Waals surface area contributed by atoms with E-state index in [2.05, 4.69) is 275 Å². The van der Waals surface area contributed by atoms with Gasteiger partial charge in [0.2, 0.25) is 0 Å². The standard InChI is InChI=1S/C66H43N3/c1-4-20-48(21-5-1)67(51-36-38-55-46(40-51)34-32-44-18-10-12-26-53(44)55)61-42-63-65(59-30-16-14-28-57(59)61)66-60-31-17-15-29-58(60)62(43-64(66)69(63)50-24-8-3-9-25-50)68(49-22-6-2-7-23-49)52-37-39-56-47(41-52)35-33-45-19-11-13-27-54(45)56/h1-43H. The summed E-state index contributed by atoms with van der Waals surface area (Å²) in [4.78, 5) is 4.90. The average molecular weight is 878 g/mol. The summed E-state index contributed by atoms with van der Waals surface area (Å²) in [5.41, 5.74) is 10.0. The van der Waals surface area contributed by atoms with Crippen LogP contribution in [0.2, 0.25) is 0 Å². The van der Waals surface area contributed by atoms with E-state index in [9.17, 15) is 0 Å². The van der Waals surface area contributed by atoms with Crippen LogP contribution in [0.4, 0.5) is 34.1 Å². The Morgan fingerprint density at radius 2 is 0.580 bits per heavy atom. The summed E-state index contributed by atoms with van der Waals surface area (Å²) in [5, 5.41) is 17.2. The van der Waals surface area contributed by atoms with Gasteiger partial charge in [0.25, 0.3) is 0 Å². The summed E-state index contributed by atoms with van der Waals surface area (Å²) in [6.07, 6.45) is 0. The van der Waals surface area contributed by atoms with Gasteiger partial charge in [-0.1, -0.05) is 188 Å². The van der Waals surface area contributed by atoms with E-state index < -0.39 is 0 Å². The number of hydrogen-bond acceptors (Lipinski definition) is 2. The van der Waals surface area contributed by atoms with Crippen molar-refractivity contribution in [1.82, 2.24) is 4.57 Å². The highest BCUT2D eigenvalue weighted by Crippen LogP contribution is 2.50. The largest absolute Gasteiger partial charge is 0.310 e. The van der Waals surface area contributed by atoms with Crippen LogP contribution in [-0.4, -0.2) is 4.57 Å². The van der Waals surface area contributed by atoms with E-state index in [1.54, 1.807) is 0 Å². The number of para-hydroxylation sites is 3. The lowest BCUT2D eigenvalue weighted by molar-refractivity contribution is 1.18. The molecule has 3 heteroatoms. The summed E-state index contributed by atoms with van der Waals surface area (Å²) >= 11 is 0. The normalized spacial score (nSPS) is 11.8. The predicted octanol–water partition coefficient (Wildman–Crippen LogP) is 18.6. The third-order valence-corrected chi connectivity index (χ3v) is 14.2. The van der Waals surface area contributed by atoms with E-state index in [1.165, 1.54) is 75.4 Å². The Morgan fingerprint density at radius 1 is 0.232 bits per heavy atom. The van der Waals surface area contributed by atoms with Crippen molar-refractivity contribution in [2.24, 2.45) is 0 Å². The Bertz CT molecular complexity index is 4050. The molecule has 0 unspecified atom stereocenters. The summed E-state index contributed by atoms with van der Waals surface area (Å²) in [7, 11) is 0. The molecule has 0 saturated carbocycles. The van der Waals surface area contributed by atoms with Gasteiger partial charge in [-0.25, -0.2) is 0 Å². The van der Waals surface area contributed by atoms with Crippen molar-refractivity contribution in [2.45, 2.75) is 0 Å². The molecule has 0 atom stereocenters. The van der Waals surface area contributed by atoms with Gasteiger partial charge in [-0.15, -0.1) is 0 Å². The number of rotatable bonds is 7. The quantitative estimate of drug-likeness (QED) is 0.148. The predicted molar refractivity (Wildman–Crippen MR) is 295 cm³/mol. The lowest BCUT2D eigenvalue weighted by Gasteiger charge is -2.28. The van der Waals surface area contributed by atoms with Gasteiger partial charge in [-0.3, -0.25) is 0 Å². The zero-order chi connectivity index (χ0) is 45.4. The third kappa shape index (κ3) is 6.21. The van der Waals surface area contributed by atoms with Crippen LogP contribution < -0.4 is 9.80 Å². The van der Waals surface area contributed by atoms with Crippen molar-refractivity contribution in [1.29, 1.82) is 0 Å². The zero-order valence-corrected chi connectivity index (χ0v) is 37.7. The molecule has 0 aliphatic rings. The van der Waals surface area contributed by atoms with E-state index in [4.69, 9.17) is 0 Å². The van der Waals surface area contributed by atoms with Crippen molar-refractivity contribution in [3.63, 3.8) is 0 Å². The van der Waals surface area contributed by atoms with E-state index in [0.717, 1.165) is 50.8 Å². The molecule has 13 aromatic carbocycles. The number of anilines is 6. The molecule has 0 amide bonds. The summed E-state index contributed by atoms with van der Waals surface area (Å²) < 4.78 is 2.50. The molecule has 0 radical (unpaired) electrons. The van der Waals surface area contributed by atoms with Gasteiger partial charge >= 0.3 is 0 Å². The van der Waals surface area contributed by atoms with Crippen molar-refractivity contribution in [3.8, 4) is 5.69 Å². The molecule has 69 heavy (non-hydrogen) atoms. The van der Waals surface area contributed by atoms with Crippen LogP contribution in [0.5, 0.6) is 0 Å². The molecule has 1 aromatic heterocycles. The highest BCUT2D eigenvalue weighted by atomic mass is 15.2. The van der Waals surface area contributed by atoms with Crippen LogP contribution in [0.3, 0.4) is 0 Å². The number of nitrogens with zero attached hydrogens (tertiary/aromatic N) is 3. The molecule has 3 nitrogen and oxygen atoms in total. The molecule has 0 fully saturated rings. The van der Waals surface area contributed by atoms with Crippen molar-refractivity contribution >= 4 is 121 Å². The number of benzene rings is 13. The smallest absolute Gasteiger partial charge is 0.0568 e. The molecule has 0 spiro atoms. The minimum Gasteiger partial charge on any atom is -0.310 e. The number of fused-ring (bicyclic) bond motifs is 13. The minimum atomic E-state index is 1.10. The molecule has 14 rings (SSSR count). The molecular weight excluding hydrogens is 835 g/mol. The fourth-order valence-electron chi connectivity index (χ4n) is 11.2. The number of hydrogen-bond donors (Lipinski definition) is 0. The zero-order valence-electron chi connectivity index (χ0n) is 37.7. The van der Waals surface area contributed by atoms with Gasteiger partial charge in [0.05, 0.1) is 22.4 Å². The first-order valence-electron chi connectivity index (χ1n) is 23.8. The van der Waals surface area contributed by atoms with Crippen LogP contribution in [0.1, 0.15) is 0 Å². The van der Waals surface area contributed by atoms with Crippen LogP contribution in [-0.2, 0) is 0 Å². The van der Waals surface area contributed by atoms with Gasteiger partial charge < -0.3 is 14.4 Å². The molecule has 0 aliphatic heterocycles. The molecule has 322 valence electrons. The third-order valence-electron chi connectivity index (χ3n) is 14.2. The van der Waals surface area contributed by atoms with Gasteiger partial charge in [0.15, 0.2) is 0 Å². The van der Waals surface area contributed by atoms with Crippen molar-refractivity contribution < 1.29 is 0 Å². The molecule has 0 N–H and O–H groups in total. The second kappa shape index (κ2) is 15.7. The van der Waals surface area contributed by atoms with E-state index in [1.807, 2.05) is 0 Å². The monoisotopic (exact) mass is 877 g/mol. The summed E-state index contributed by atoms with van der Waals surface area (Å²) in [5.74, 6) is 0. The van der Waals surface area contributed by atoms with Gasteiger partial charge in [-0.2, -0.15) is 0 Å². The lowest BCUT2D eigenvalue weighted by atomic mass is 9.96. The summed E-state index contributed by atoms with van der Waals surface area (Å²) in [6.45, 7) is 0. The Morgan fingerprint density at radius 3 is 1.03 bits per heavy atom. The molecule has 0 bridgehead atoms. The maximum absolute atomic E-state index is 2.50. The Labute approximate surface area is 399 Å². The van der Waals surface area contributed by atoms with Crippen LogP contribution in [0.15, 0.2) is 261 Å². The fraction of sp³-hybridized carbons (Fsp3) is 0. The van der Waals surface area contributed by atoms with Gasteiger partial charge in [-0.05, 0) is 127 Å². The van der Waals surface area contributed by atoms with Crippen molar-refractivity contribution in [3.05, 3.63) is 261 Å². The maximum Gasteiger partial charge on any atom is 0.0568 e. The first-order valence-corrected chi connectivity index (χ1v) is 23.8. The van der Waals surface area contributed by atoms with Crippen molar-refractivity contribution in [2.75, 3.05) is 9.80 Å². The molecular formula is C66H43N3. The Hall–Kier alpha value is -9.18. The van der Waals surface area contributed by atoms with E-state index in [-0.39, 0.29) is 0 Å². The second-order valence-electron chi connectivity index (χ2n) is 18.1. The van der Waals surface area contributed by atoms with Gasteiger partial charge in [0.1, 0.15) is 0 Å². The maximum atomic E-state index is 2.50. The highest BCUT2D eigenvalue weighted by Gasteiger charge is 2.26. The molecule has 0 saturated heterocycles. The first kappa shape index (κ1) is 39.0. The minimum absolute atomic E-state index is 1.10. The van der Waals surface area contributed by atoms with E-state index >= 15 is 0 Å². The topological polar surface area (TPSA) is 11.4 Å². The number of aromatic nitrogens is 1. The SMILES string of the molecule is c1ccc(N(c2ccc3c(ccc4ccccc43)c2)c2cc3c(c4ccccc24)c2c4ccccc4c(N(c4ccccc4)c4ccc5c(ccc6ccccc65)c4)cc2n3-c2ccccc2)cc1. The van der Waals surface area contributed by atoms with E-state index in [0.29, 0.717) is 0 Å². The second-order valence-corrected chi connectivity index (χ2v) is 18.1. The average Bonchev–Trinajstić information content (AvgIpc) is 3.76. The molecule has 14 aromatic rings. The summed E-state index contributed by atoms with van der Waals surface area (Å²) in [6, 6.07) is 95.7. The Kier molecular flexibility index (Phi) is 8.90. The molecule has 1 heterocycles. The highest BCUT2D eigenvalue weighted by molar-refractivity contribution is 6.32. The van der Waals surface area contributed by atoms with Crippen LogP contribution in [0, 0.1) is 0 Å². The van der Waals surface area contributed by atoms with Gasteiger partial charge in [0, 0.05) is 50.0 Å².